The first kappa shape index (κ1) is 12.8. The molecule has 1 saturated heterocycles. The summed E-state index contributed by atoms with van der Waals surface area (Å²) in [5.74, 6) is 6.19. The Labute approximate surface area is 105 Å². The van der Waals surface area contributed by atoms with Gasteiger partial charge in [0.1, 0.15) is 6.10 Å². The number of hydrogen-bond donors (Lipinski definition) is 2. The molecule has 1 aromatic rings. The average molecular weight is 254 g/mol. The third-order valence-corrected chi connectivity index (χ3v) is 2.66. The van der Waals surface area contributed by atoms with Crippen LogP contribution in [0.5, 0.6) is 6.01 Å². The van der Waals surface area contributed by atoms with Crippen LogP contribution in [-0.4, -0.2) is 47.4 Å². The fourth-order valence-corrected chi connectivity index (χ4v) is 1.54. The number of hydrogen-bond acceptors (Lipinski definition) is 8. The molecule has 0 radical (unpaired) electrons. The maximum atomic E-state index is 5.56. The van der Waals surface area contributed by atoms with Crippen molar-refractivity contribution in [1.29, 1.82) is 0 Å². The van der Waals surface area contributed by atoms with Crippen molar-refractivity contribution in [2.75, 3.05) is 36.6 Å². The van der Waals surface area contributed by atoms with E-state index >= 15 is 0 Å². The lowest BCUT2D eigenvalue weighted by atomic mass is 10.3. The van der Waals surface area contributed by atoms with Crippen LogP contribution in [0.25, 0.3) is 0 Å². The third-order valence-electron chi connectivity index (χ3n) is 2.66. The van der Waals surface area contributed by atoms with Crippen molar-refractivity contribution < 1.29 is 9.47 Å². The van der Waals surface area contributed by atoms with Gasteiger partial charge in [-0.15, -0.1) is 0 Å². The predicted octanol–water partition coefficient (Wildman–Crippen LogP) is -0.219. The summed E-state index contributed by atoms with van der Waals surface area (Å²) in [4.78, 5) is 14.5. The number of nitrogens with two attached hydrogens (primary N) is 1. The van der Waals surface area contributed by atoms with Crippen molar-refractivity contribution >= 4 is 11.9 Å². The van der Waals surface area contributed by atoms with Crippen LogP contribution in [0, 0.1) is 0 Å². The molecule has 0 saturated carbocycles. The Morgan fingerprint density at radius 1 is 1.33 bits per heavy atom. The van der Waals surface area contributed by atoms with E-state index in [-0.39, 0.29) is 12.1 Å². The van der Waals surface area contributed by atoms with Crippen LogP contribution < -0.4 is 20.9 Å². The van der Waals surface area contributed by atoms with Crippen LogP contribution >= 0.6 is 0 Å². The topological polar surface area (TPSA) is 98.4 Å². The van der Waals surface area contributed by atoms with Gasteiger partial charge in [-0.3, -0.25) is 5.43 Å². The van der Waals surface area contributed by atoms with Crippen LogP contribution in [0.3, 0.4) is 0 Å². The number of rotatable bonds is 6. The predicted molar refractivity (Wildman–Crippen MR) is 66.4 cm³/mol. The molecule has 1 fully saturated rings. The molecule has 0 amide bonds. The van der Waals surface area contributed by atoms with Crippen molar-refractivity contribution in [3.8, 4) is 6.01 Å². The number of nitrogens with one attached hydrogen (secondary N) is 1. The molecule has 2 rings (SSSR count). The quantitative estimate of drug-likeness (QED) is 0.531. The maximum absolute atomic E-state index is 5.56. The normalized spacial score (nSPS) is 15.1. The molecule has 1 aliphatic heterocycles. The minimum Gasteiger partial charge on any atom is -0.455 e. The largest absolute Gasteiger partial charge is 0.455 e. The maximum Gasteiger partial charge on any atom is 0.323 e. The highest BCUT2D eigenvalue weighted by molar-refractivity contribution is 5.37. The summed E-state index contributed by atoms with van der Waals surface area (Å²) in [5.41, 5.74) is 2.42. The zero-order valence-electron chi connectivity index (χ0n) is 10.6. The molecule has 0 aromatic carbocycles. The standard InChI is InChI=1S/C10H18N6O2/c1-3-16(4-2)9-12-8(15-11)13-10(14-9)18-7-5-17-6-7/h7H,3-6,11H2,1-2H3,(H,12,13,14,15). The van der Waals surface area contributed by atoms with Gasteiger partial charge < -0.3 is 14.4 Å². The highest BCUT2D eigenvalue weighted by atomic mass is 16.6. The zero-order chi connectivity index (χ0) is 13.0. The molecule has 0 bridgehead atoms. The Hall–Kier alpha value is -1.67. The van der Waals surface area contributed by atoms with Gasteiger partial charge in [0.25, 0.3) is 0 Å². The average Bonchev–Trinajstić information content (AvgIpc) is 2.35. The van der Waals surface area contributed by atoms with E-state index in [4.69, 9.17) is 15.3 Å². The second-order valence-corrected chi connectivity index (χ2v) is 3.84. The number of ether oxygens (including phenoxy) is 2. The highest BCUT2D eigenvalue weighted by Crippen LogP contribution is 2.17. The van der Waals surface area contributed by atoms with Gasteiger partial charge in [0.05, 0.1) is 13.2 Å². The van der Waals surface area contributed by atoms with E-state index in [1.54, 1.807) is 0 Å². The summed E-state index contributed by atoms with van der Waals surface area (Å²) in [6, 6.07) is 0.271. The van der Waals surface area contributed by atoms with E-state index in [0.717, 1.165) is 13.1 Å². The number of nitrogens with zero attached hydrogens (tertiary/aromatic N) is 4. The summed E-state index contributed by atoms with van der Waals surface area (Å²) in [6.07, 6.45) is 0.0163. The molecule has 18 heavy (non-hydrogen) atoms. The lowest BCUT2D eigenvalue weighted by Gasteiger charge is -2.26. The fourth-order valence-electron chi connectivity index (χ4n) is 1.54. The summed E-state index contributed by atoms with van der Waals surface area (Å²) < 4.78 is 10.6. The van der Waals surface area contributed by atoms with E-state index in [1.807, 2.05) is 18.7 Å². The number of aromatic nitrogens is 3. The second kappa shape index (κ2) is 5.78. The number of hydrazine groups is 1. The molecular weight excluding hydrogens is 236 g/mol. The van der Waals surface area contributed by atoms with Crippen molar-refractivity contribution in [3.05, 3.63) is 0 Å². The minimum atomic E-state index is 0.0163. The Morgan fingerprint density at radius 3 is 2.56 bits per heavy atom. The first-order chi connectivity index (χ1) is 8.76. The Balaban J connectivity index is 2.19. The van der Waals surface area contributed by atoms with Crippen LogP contribution in [0.15, 0.2) is 0 Å². The Morgan fingerprint density at radius 2 is 2.06 bits per heavy atom. The molecule has 0 unspecified atom stereocenters. The molecule has 3 N–H and O–H groups in total. The molecule has 0 aliphatic carbocycles. The molecule has 1 aromatic heterocycles. The van der Waals surface area contributed by atoms with Gasteiger partial charge in [0.2, 0.25) is 11.9 Å². The molecular formula is C10H18N6O2. The lowest BCUT2D eigenvalue weighted by Crippen LogP contribution is -2.39. The van der Waals surface area contributed by atoms with Crippen molar-refractivity contribution in [3.63, 3.8) is 0 Å². The minimum absolute atomic E-state index is 0.0163. The van der Waals surface area contributed by atoms with Gasteiger partial charge in [-0.25, -0.2) is 5.84 Å². The van der Waals surface area contributed by atoms with E-state index in [2.05, 4.69) is 20.4 Å². The molecule has 8 nitrogen and oxygen atoms in total. The van der Waals surface area contributed by atoms with Gasteiger partial charge in [-0.2, -0.15) is 15.0 Å². The third kappa shape index (κ3) is 2.77. The molecule has 8 heteroatoms. The Bertz CT molecular complexity index is 394. The molecule has 100 valence electrons. The van der Waals surface area contributed by atoms with Crippen molar-refractivity contribution in [2.45, 2.75) is 20.0 Å². The van der Waals surface area contributed by atoms with Gasteiger partial charge >= 0.3 is 6.01 Å². The summed E-state index contributed by atoms with van der Waals surface area (Å²) in [6.45, 7) is 6.80. The van der Waals surface area contributed by atoms with Gasteiger partial charge in [-0.05, 0) is 13.8 Å². The van der Waals surface area contributed by atoms with Crippen LogP contribution in [0.4, 0.5) is 11.9 Å². The Kier molecular flexibility index (Phi) is 4.11. The number of anilines is 2. The van der Waals surface area contributed by atoms with Crippen molar-refractivity contribution in [2.24, 2.45) is 5.84 Å². The van der Waals surface area contributed by atoms with E-state index < -0.39 is 0 Å². The number of nitrogen functional groups attached to an aromatic ring is 1. The smallest absolute Gasteiger partial charge is 0.323 e. The summed E-state index contributed by atoms with van der Waals surface area (Å²) in [7, 11) is 0. The van der Waals surface area contributed by atoms with Gasteiger partial charge in [-0.1, -0.05) is 0 Å². The van der Waals surface area contributed by atoms with Gasteiger partial charge in [0, 0.05) is 13.1 Å². The van der Waals surface area contributed by atoms with Crippen LogP contribution in [0.1, 0.15) is 13.8 Å². The summed E-state index contributed by atoms with van der Waals surface area (Å²) in [5, 5.41) is 0. The highest BCUT2D eigenvalue weighted by Gasteiger charge is 2.22. The first-order valence-electron chi connectivity index (χ1n) is 5.98. The fraction of sp³-hybridized carbons (Fsp3) is 0.700. The van der Waals surface area contributed by atoms with E-state index in [1.165, 1.54) is 0 Å². The summed E-state index contributed by atoms with van der Waals surface area (Å²) >= 11 is 0. The molecule has 2 heterocycles. The van der Waals surface area contributed by atoms with Gasteiger partial charge in [0.15, 0.2) is 0 Å². The second-order valence-electron chi connectivity index (χ2n) is 3.84. The van der Waals surface area contributed by atoms with Crippen LogP contribution in [0.2, 0.25) is 0 Å². The van der Waals surface area contributed by atoms with Crippen molar-refractivity contribution in [1.82, 2.24) is 15.0 Å². The molecule has 0 spiro atoms. The van der Waals surface area contributed by atoms with E-state index in [9.17, 15) is 0 Å². The monoisotopic (exact) mass is 254 g/mol. The SMILES string of the molecule is CCN(CC)c1nc(NN)nc(OC2COC2)n1. The lowest BCUT2D eigenvalue weighted by molar-refractivity contribution is -0.0831. The first-order valence-corrected chi connectivity index (χ1v) is 5.98. The molecule has 1 aliphatic rings. The van der Waals surface area contributed by atoms with Crippen LogP contribution in [-0.2, 0) is 4.74 Å². The molecule has 0 atom stereocenters. The zero-order valence-corrected chi connectivity index (χ0v) is 10.6. The van der Waals surface area contributed by atoms with E-state index in [0.29, 0.717) is 25.1 Å².